The average molecular weight is 349 g/mol. The van der Waals surface area contributed by atoms with Crippen molar-refractivity contribution in [1.82, 2.24) is 10.2 Å². The standard InChI is InChI=1S/C17H23N3O5/c1-19-16(22)12-4-3-7-20(9-12)17(23)11-5-6-13(14(8-11)24-2)25-10-15(18)21/h5-6,8,12H,3-4,7,9-10H2,1-2H3,(H2,18,21)(H,19,22). The van der Waals surface area contributed by atoms with E-state index in [0.717, 1.165) is 12.8 Å². The Bertz CT molecular complexity index is 662. The van der Waals surface area contributed by atoms with Crippen LogP contribution in [0.2, 0.25) is 0 Å². The van der Waals surface area contributed by atoms with Crippen LogP contribution in [0.25, 0.3) is 0 Å². The second-order valence-electron chi connectivity index (χ2n) is 5.83. The number of nitrogens with one attached hydrogen (secondary N) is 1. The molecule has 0 aromatic heterocycles. The Balaban J connectivity index is 2.13. The van der Waals surface area contributed by atoms with Gasteiger partial charge in [0.05, 0.1) is 13.0 Å². The molecular weight excluding hydrogens is 326 g/mol. The third-order valence-corrected chi connectivity index (χ3v) is 4.11. The van der Waals surface area contributed by atoms with Gasteiger partial charge in [-0.3, -0.25) is 14.4 Å². The molecule has 0 aliphatic carbocycles. The Kier molecular flexibility index (Phi) is 6.21. The molecule has 0 bridgehead atoms. The zero-order chi connectivity index (χ0) is 18.4. The van der Waals surface area contributed by atoms with Gasteiger partial charge in [0.1, 0.15) is 0 Å². The molecule has 3 N–H and O–H groups in total. The van der Waals surface area contributed by atoms with Crippen molar-refractivity contribution in [3.05, 3.63) is 23.8 Å². The van der Waals surface area contributed by atoms with Crippen molar-refractivity contribution in [2.75, 3.05) is 33.9 Å². The predicted molar refractivity (Wildman–Crippen MR) is 90.4 cm³/mol. The van der Waals surface area contributed by atoms with Crippen molar-refractivity contribution < 1.29 is 23.9 Å². The number of hydrogen-bond donors (Lipinski definition) is 2. The van der Waals surface area contributed by atoms with E-state index < -0.39 is 5.91 Å². The normalized spacial score (nSPS) is 16.9. The van der Waals surface area contributed by atoms with Crippen LogP contribution in [0.3, 0.4) is 0 Å². The third-order valence-electron chi connectivity index (χ3n) is 4.11. The fourth-order valence-electron chi connectivity index (χ4n) is 2.83. The monoisotopic (exact) mass is 349 g/mol. The van der Waals surface area contributed by atoms with Crippen molar-refractivity contribution in [3.8, 4) is 11.5 Å². The zero-order valence-corrected chi connectivity index (χ0v) is 14.4. The highest BCUT2D eigenvalue weighted by atomic mass is 16.5. The highest BCUT2D eigenvalue weighted by Gasteiger charge is 2.28. The van der Waals surface area contributed by atoms with Crippen molar-refractivity contribution in [2.45, 2.75) is 12.8 Å². The van der Waals surface area contributed by atoms with Crippen molar-refractivity contribution in [3.63, 3.8) is 0 Å². The van der Waals surface area contributed by atoms with Crippen LogP contribution in [0.4, 0.5) is 0 Å². The minimum atomic E-state index is -0.601. The number of piperidine rings is 1. The van der Waals surface area contributed by atoms with E-state index in [1.165, 1.54) is 7.11 Å². The highest BCUT2D eigenvalue weighted by Crippen LogP contribution is 2.29. The summed E-state index contributed by atoms with van der Waals surface area (Å²) in [6.45, 7) is 0.721. The molecule has 1 unspecified atom stereocenters. The maximum atomic E-state index is 12.7. The van der Waals surface area contributed by atoms with Crippen molar-refractivity contribution in [1.29, 1.82) is 0 Å². The first-order valence-electron chi connectivity index (χ1n) is 8.06. The van der Waals surface area contributed by atoms with Gasteiger partial charge in [0.25, 0.3) is 11.8 Å². The number of rotatable bonds is 6. The van der Waals surface area contributed by atoms with E-state index >= 15 is 0 Å². The molecule has 1 aliphatic rings. The van der Waals surface area contributed by atoms with E-state index in [2.05, 4.69) is 5.32 Å². The lowest BCUT2D eigenvalue weighted by Crippen LogP contribution is -2.44. The first-order chi connectivity index (χ1) is 12.0. The largest absolute Gasteiger partial charge is 0.493 e. The Morgan fingerprint density at radius 1 is 1.32 bits per heavy atom. The van der Waals surface area contributed by atoms with Gasteiger partial charge in [0.15, 0.2) is 18.1 Å². The number of likely N-dealkylation sites (tertiary alicyclic amines) is 1. The van der Waals surface area contributed by atoms with Crippen molar-refractivity contribution in [2.24, 2.45) is 11.7 Å². The van der Waals surface area contributed by atoms with Crippen LogP contribution >= 0.6 is 0 Å². The number of primary amides is 1. The summed E-state index contributed by atoms with van der Waals surface area (Å²) in [4.78, 5) is 37.0. The molecule has 8 nitrogen and oxygen atoms in total. The van der Waals surface area contributed by atoms with Gasteiger partial charge >= 0.3 is 0 Å². The summed E-state index contributed by atoms with van der Waals surface area (Å²) in [7, 11) is 3.04. The van der Waals surface area contributed by atoms with Crippen LogP contribution < -0.4 is 20.5 Å². The van der Waals surface area contributed by atoms with Crippen LogP contribution in [0.15, 0.2) is 18.2 Å². The van der Waals surface area contributed by atoms with Gasteiger partial charge in [-0.05, 0) is 31.0 Å². The number of nitrogens with two attached hydrogens (primary N) is 1. The molecule has 0 radical (unpaired) electrons. The lowest BCUT2D eigenvalue weighted by atomic mass is 9.96. The van der Waals surface area contributed by atoms with Gasteiger partial charge < -0.3 is 25.4 Å². The summed E-state index contributed by atoms with van der Waals surface area (Å²) >= 11 is 0. The Morgan fingerprint density at radius 2 is 2.08 bits per heavy atom. The van der Waals surface area contributed by atoms with E-state index in [1.54, 1.807) is 30.1 Å². The van der Waals surface area contributed by atoms with Crippen molar-refractivity contribution >= 4 is 17.7 Å². The molecule has 1 aliphatic heterocycles. The van der Waals surface area contributed by atoms with Crippen LogP contribution in [0.5, 0.6) is 11.5 Å². The van der Waals surface area contributed by atoms with Gasteiger partial charge in [-0.2, -0.15) is 0 Å². The topological polar surface area (TPSA) is 111 Å². The summed E-state index contributed by atoms with van der Waals surface area (Å²) in [5.41, 5.74) is 5.49. The van der Waals surface area contributed by atoms with Gasteiger partial charge in [-0.1, -0.05) is 0 Å². The Morgan fingerprint density at radius 3 is 2.72 bits per heavy atom. The molecule has 136 valence electrons. The lowest BCUT2D eigenvalue weighted by molar-refractivity contribution is -0.125. The van der Waals surface area contributed by atoms with Crippen LogP contribution in [-0.4, -0.2) is 56.5 Å². The SMILES string of the molecule is CNC(=O)C1CCCN(C(=O)c2ccc(OCC(N)=O)c(OC)c2)C1. The third kappa shape index (κ3) is 4.62. The Labute approximate surface area is 146 Å². The van der Waals surface area contributed by atoms with Gasteiger partial charge in [0.2, 0.25) is 5.91 Å². The molecule has 25 heavy (non-hydrogen) atoms. The molecule has 1 aromatic rings. The number of benzene rings is 1. The van der Waals surface area contributed by atoms with Crippen LogP contribution in [0.1, 0.15) is 23.2 Å². The predicted octanol–water partition coefficient (Wildman–Crippen LogP) is 0.158. The molecule has 1 fully saturated rings. The molecule has 1 saturated heterocycles. The molecule has 2 rings (SSSR count). The zero-order valence-electron chi connectivity index (χ0n) is 14.4. The molecule has 3 amide bonds. The lowest BCUT2D eigenvalue weighted by Gasteiger charge is -2.32. The first kappa shape index (κ1) is 18.6. The number of hydrogen-bond acceptors (Lipinski definition) is 5. The average Bonchev–Trinajstić information content (AvgIpc) is 2.64. The molecule has 1 aromatic carbocycles. The number of ether oxygens (including phenoxy) is 2. The number of amides is 3. The van der Waals surface area contributed by atoms with Gasteiger partial charge in [-0.25, -0.2) is 0 Å². The highest BCUT2D eigenvalue weighted by molar-refractivity contribution is 5.95. The van der Waals surface area contributed by atoms with E-state index in [4.69, 9.17) is 15.2 Å². The van der Waals surface area contributed by atoms with E-state index in [-0.39, 0.29) is 24.3 Å². The molecule has 8 heteroatoms. The summed E-state index contributed by atoms with van der Waals surface area (Å²) in [5.74, 6) is -0.344. The van der Waals surface area contributed by atoms with E-state index in [9.17, 15) is 14.4 Å². The fraction of sp³-hybridized carbons (Fsp3) is 0.471. The summed E-state index contributed by atoms with van der Waals surface area (Å²) in [6, 6.07) is 4.72. The number of carbonyl (C=O) groups excluding carboxylic acids is 3. The minimum absolute atomic E-state index is 0.0507. The number of nitrogens with zero attached hydrogens (tertiary/aromatic N) is 1. The maximum Gasteiger partial charge on any atom is 0.255 e. The fourth-order valence-corrected chi connectivity index (χ4v) is 2.83. The molecule has 1 atom stereocenters. The molecule has 1 heterocycles. The summed E-state index contributed by atoms with van der Waals surface area (Å²) in [5, 5.41) is 2.63. The summed E-state index contributed by atoms with van der Waals surface area (Å²) < 4.78 is 10.5. The van der Waals surface area contributed by atoms with Crippen LogP contribution in [-0.2, 0) is 9.59 Å². The van der Waals surface area contributed by atoms with E-state index in [1.807, 2.05) is 0 Å². The molecule has 0 spiro atoms. The summed E-state index contributed by atoms with van der Waals surface area (Å²) in [6.07, 6.45) is 1.55. The van der Waals surface area contributed by atoms with Crippen LogP contribution in [0, 0.1) is 5.92 Å². The quantitative estimate of drug-likeness (QED) is 0.760. The first-order valence-corrected chi connectivity index (χ1v) is 8.06. The van der Waals surface area contributed by atoms with Gasteiger partial charge in [0, 0.05) is 25.7 Å². The van der Waals surface area contributed by atoms with Gasteiger partial charge in [-0.15, -0.1) is 0 Å². The Hall–Kier alpha value is -2.77. The second kappa shape index (κ2) is 8.36. The second-order valence-corrected chi connectivity index (χ2v) is 5.83. The smallest absolute Gasteiger partial charge is 0.255 e. The molecule has 0 saturated carbocycles. The maximum absolute atomic E-state index is 12.7. The minimum Gasteiger partial charge on any atom is -0.493 e. The molecular formula is C17H23N3O5. The number of carbonyl (C=O) groups is 3. The number of methoxy groups -OCH3 is 1. The van der Waals surface area contributed by atoms with E-state index in [0.29, 0.717) is 30.2 Å².